The molecule has 0 bridgehead atoms. The molecule has 216 valence electrons. The number of halogens is 3. The van der Waals surface area contributed by atoms with Crippen LogP contribution in [0.3, 0.4) is 0 Å². The first-order chi connectivity index (χ1) is 18.8. The maximum absolute atomic E-state index is 13.3. The van der Waals surface area contributed by atoms with E-state index in [-0.39, 0.29) is 0 Å². The second kappa shape index (κ2) is 14.8. The van der Waals surface area contributed by atoms with Crippen LogP contribution in [0, 0.1) is 0 Å². The zero-order valence-electron chi connectivity index (χ0n) is 23.7. The van der Waals surface area contributed by atoms with Crippen LogP contribution in [0.2, 0.25) is 0 Å². The highest BCUT2D eigenvalue weighted by Gasteiger charge is 2.33. The van der Waals surface area contributed by atoms with Gasteiger partial charge in [-0.05, 0) is 48.2 Å². The van der Waals surface area contributed by atoms with E-state index >= 15 is 0 Å². The summed E-state index contributed by atoms with van der Waals surface area (Å²) >= 11 is 0. The average Bonchev–Trinajstić information content (AvgIpc) is 3.43. The number of benzene rings is 2. The summed E-state index contributed by atoms with van der Waals surface area (Å²) in [6.45, 7) is 13.4. The summed E-state index contributed by atoms with van der Waals surface area (Å²) in [5, 5.41) is 0. The lowest BCUT2D eigenvalue weighted by atomic mass is 9.91. The third kappa shape index (κ3) is 8.07. The molecule has 2 heterocycles. The molecule has 2 fully saturated rings. The third-order valence-electron chi connectivity index (χ3n) is 7.25. The van der Waals surface area contributed by atoms with Crippen molar-refractivity contribution in [3.63, 3.8) is 0 Å². The van der Waals surface area contributed by atoms with E-state index in [0.717, 1.165) is 50.3 Å². The van der Waals surface area contributed by atoms with Gasteiger partial charge in [0.2, 0.25) is 5.96 Å². The van der Waals surface area contributed by atoms with Gasteiger partial charge in [0.25, 0.3) is 0 Å². The van der Waals surface area contributed by atoms with Crippen molar-refractivity contribution in [2.75, 3.05) is 39.3 Å². The number of unbranched alkanes of at least 4 members (excludes halogenated alkanes) is 1. The van der Waals surface area contributed by atoms with Crippen molar-refractivity contribution >= 4 is 16.9 Å². The van der Waals surface area contributed by atoms with Crippen molar-refractivity contribution in [2.45, 2.75) is 76.9 Å². The molecular weight excluding hydrogens is 521 g/mol. The van der Waals surface area contributed by atoms with Gasteiger partial charge in [-0.2, -0.15) is 13.2 Å². The lowest BCUT2D eigenvalue weighted by Gasteiger charge is -2.44. The average molecular weight is 565 g/mol. The summed E-state index contributed by atoms with van der Waals surface area (Å²) < 4.78 is 54.3. The third-order valence-corrected chi connectivity index (χ3v) is 8.67. The van der Waals surface area contributed by atoms with Gasteiger partial charge < -0.3 is 4.90 Å². The monoisotopic (exact) mass is 564 g/mol. The smallest absolute Gasteiger partial charge is 0.339 e. The molecular formula is C30H43F3N4OS. The van der Waals surface area contributed by atoms with Gasteiger partial charge in [-0.1, -0.05) is 71.2 Å². The van der Waals surface area contributed by atoms with Crippen LogP contribution in [0.15, 0.2) is 58.4 Å². The normalized spacial score (nSPS) is 18.8. The molecule has 0 amide bonds. The Morgan fingerprint density at radius 2 is 1.54 bits per heavy atom. The van der Waals surface area contributed by atoms with Crippen molar-refractivity contribution in [3.05, 3.63) is 54.1 Å². The molecule has 1 atom stereocenters. The second-order valence-electron chi connectivity index (χ2n) is 9.74. The predicted octanol–water partition coefficient (Wildman–Crippen LogP) is 7.07. The molecule has 9 heteroatoms. The lowest BCUT2D eigenvalue weighted by molar-refractivity contribution is -0.137. The summed E-state index contributed by atoms with van der Waals surface area (Å²) in [7, 11) is -1.41. The van der Waals surface area contributed by atoms with Crippen LogP contribution in [-0.2, 0) is 17.2 Å². The van der Waals surface area contributed by atoms with Crippen LogP contribution >= 0.6 is 0 Å². The van der Waals surface area contributed by atoms with Gasteiger partial charge in [0, 0.05) is 32.2 Å². The number of nitrogens with zero attached hydrogens (tertiary/aromatic N) is 4. The first-order valence-electron chi connectivity index (χ1n) is 14.3. The van der Waals surface area contributed by atoms with E-state index in [1.807, 2.05) is 18.2 Å². The molecule has 1 saturated carbocycles. The van der Waals surface area contributed by atoms with Gasteiger partial charge in [-0.3, -0.25) is 14.2 Å². The fourth-order valence-electron chi connectivity index (χ4n) is 4.64. The van der Waals surface area contributed by atoms with Gasteiger partial charge in [-0.25, -0.2) is 4.21 Å². The van der Waals surface area contributed by atoms with Crippen molar-refractivity contribution in [1.29, 1.82) is 0 Å². The largest absolute Gasteiger partial charge is 0.416 e. The number of piperazine rings is 1. The van der Waals surface area contributed by atoms with E-state index in [2.05, 4.69) is 28.6 Å². The van der Waals surface area contributed by atoms with Crippen molar-refractivity contribution in [1.82, 2.24) is 14.1 Å². The molecule has 2 aliphatic heterocycles. The molecule has 5 rings (SSSR count). The van der Waals surface area contributed by atoms with Crippen LogP contribution in [0.1, 0.15) is 65.4 Å². The van der Waals surface area contributed by atoms with Gasteiger partial charge in [0.05, 0.1) is 23.5 Å². The predicted molar refractivity (Wildman–Crippen MR) is 155 cm³/mol. The molecule has 5 nitrogen and oxygen atoms in total. The Kier molecular flexibility index (Phi) is 11.9. The van der Waals surface area contributed by atoms with Gasteiger partial charge >= 0.3 is 6.18 Å². The Morgan fingerprint density at radius 1 is 0.897 bits per heavy atom. The Balaban J connectivity index is 0.000000644. The molecule has 2 aromatic carbocycles. The summed E-state index contributed by atoms with van der Waals surface area (Å²) in [6, 6.07) is 12.9. The highest BCUT2D eigenvalue weighted by Crippen LogP contribution is 2.32. The molecule has 1 unspecified atom stereocenters. The minimum atomic E-state index is -4.38. The molecule has 0 N–H and O–H groups in total. The van der Waals surface area contributed by atoms with E-state index in [1.54, 1.807) is 30.3 Å². The fourth-order valence-corrected chi connectivity index (χ4v) is 5.83. The summed E-state index contributed by atoms with van der Waals surface area (Å²) in [5.41, 5.74) is 0.460. The maximum atomic E-state index is 13.3. The quantitative estimate of drug-likeness (QED) is 0.390. The van der Waals surface area contributed by atoms with E-state index in [1.165, 1.54) is 38.2 Å². The molecule has 1 aliphatic carbocycles. The highest BCUT2D eigenvalue weighted by atomic mass is 32.2. The van der Waals surface area contributed by atoms with Gasteiger partial charge in [0.1, 0.15) is 0 Å². The number of hydrogen-bond acceptors (Lipinski definition) is 4. The number of alkyl halides is 3. The second-order valence-corrected chi connectivity index (χ2v) is 11.2. The minimum absolute atomic E-state index is 0.481. The van der Waals surface area contributed by atoms with Gasteiger partial charge in [-0.15, -0.1) is 0 Å². The molecule has 0 spiro atoms. The van der Waals surface area contributed by atoms with Crippen LogP contribution in [-0.4, -0.2) is 69.6 Å². The SMILES string of the molecule is CC.CCCC.O=S(c1ccc(-c2cccc(C(F)(F)F)c2)cc1)N1CCN=C1N1CCN(C2CCC2)CC1. The molecule has 1 saturated heterocycles. The Hall–Kier alpha value is -2.39. The molecule has 3 aliphatic rings. The highest BCUT2D eigenvalue weighted by molar-refractivity contribution is 7.83. The first-order valence-corrected chi connectivity index (χ1v) is 15.4. The standard InChI is InChI=1S/C24H27F3N4OS.C4H10.C2H6/c25-24(26,27)20-4-1-3-19(17-20)18-7-9-22(10-8-18)33(32)31-12-11-28-23(31)30-15-13-29(14-16-30)21-5-2-6-21;1-3-4-2;1-2/h1,3-4,7-10,17,21H,2,5-6,11-16H2;3-4H2,1-2H3;1-2H3. The van der Waals surface area contributed by atoms with Crippen LogP contribution < -0.4 is 0 Å². The van der Waals surface area contributed by atoms with E-state index in [9.17, 15) is 17.4 Å². The Labute approximate surface area is 234 Å². The molecule has 0 aromatic heterocycles. The Morgan fingerprint density at radius 3 is 2.08 bits per heavy atom. The van der Waals surface area contributed by atoms with Crippen molar-refractivity contribution in [3.8, 4) is 11.1 Å². The van der Waals surface area contributed by atoms with Crippen LogP contribution in [0.5, 0.6) is 0 Å². The summed E-state index contributed by atoms with van der Waals surface area (Å²) in [4.78, 5) is 10.1. The fraction of sp³-hybridized carbons (Fsp3) is 0.567. The Bertz CT molecular complexity index is 1080. The number of rotatable bonds is 5. The van der Waals surface area contributed by atoms with Crippen molar-refractivity contribution < 1.29 is 17.4 Å². The number of hydrogen-bond donors (Lipinski definition) is 0. The summed E-state index contributed by atoms with van der Waals surface area (Å²) in [6.07, 6.45) is 2.18. The van der Waals surface area contributed by atoms with Gasteiger partial charge in [0.15, 0.2) is 11.0 Å². The topological polar surface area (TPSA) is 39.2 Å². The van der Waals surface area contributed by atoms with Crippen LogP contribution in [0.25, 0.3) is 11.1 Å². The van der Waals surface area contributed by atoms with E-state index < -0.39 is 22.7 Å². The molecule has 2 aromatic rings. The molecule has 39 heavy (non-hydrogen) atoms. The first kappa shape index (κ1) is 31.1. The van der Waals surface area contributed by atoms with E-state index in [4.69, 9.17) is 0 Å². The minimum Gasteiger partial charge on any atom is -0.339 e. The summed E-state index contributed by atoms with van der Waals surface area (Å²) in [5.74, 6) is 0.795. The zero-order chi connectivity index (χ0) is 28.4. The van der Waals surface area contributed by atoms with Crippen LogP contribution in [0.4, 0.5) is 13.2 Å². The maximum Gasteiger partial charge on any atom is 0.416 e. The molecule has 0 radical (unpaired) electrons. The lowest BCUT2D eigenvalue weighted by Crippen LogP contribution is -2.55. The zero-order valence-corrected chi connectivity index (χ0v) is 24.5. The van der Waals surface area contributed by atoms with Crippen molar-refractivity contribution in [2.24, 2.45) is 4.99 Å². The number of guanidine groups is 1. The number of aliphatic imine (C=N–C) groups is 1. The van der Waals surface area contributed by atoms with E-state index in [0.29, 0.717) is 29.1 Å².